The van der Waals surface area contributed by atoms with E-state index in [2.05, 4.69) is 31.4 Å². The van der Waals surface area contributed by atoms with Gasteiger partial charge in [-0.1, -0.05) is 22.9 Å². The molecule has 3 rings (SSSR count). The topological polar surface area (TPSA) is 117 Å². The molecule has 28 heavy (non-hydrogen) atoms. The van der Waals surface area contributed by atoms with Crippen molar-refractivity contribution >= 4 is 33.2 Å². The van der Waals surface area contributed by atoms with Crippen molar-refractivity contribution in [2.24, 2.45) is 5.92 Å². The van der Waals surface area contributed by atoms with Gasteiger partial charge in [-0.05, 0) is 24.3 Å². The molecule has 0 aliphatic heterocycles. The van der Waals surface area contributed by atoms with Gasteiger partial charge in [0, 0.05) is 4.47 Å². The van der Waals surface area contributed by atoms with Gasteiger partial charge in [-0.3, -0.25) is 19.6 Å². The monoisotopic (exact) mass is 448 g/mol. The van der Waals surface area contributed by atoms with Gasteiger partial charge in [0.2, 0.25) is 5.91 Å². The van der Waals surface area contributed by atoms with E-state index < -0.39 is 10.8 Å². The minimum atomic E-state index is -0.529. The number of hydrogen-bond donors (Lipinski definition) is 1. The minimum absolute atomic E-state index is 0.111. The van der Waals surface area contributed by atoms with Gasteiger partial charge in [-0.25, -0.2) is 4.68 Å². The van der Waals surface area contributed by atoms with E-state index in [1.54, 1.807) is 17.8 Å². The van der Waals surface area contributed by atoms with Crippen molar-refractivity contribution in [1.82, 2.24) is 19.6 Å². The SMILES string of the molecule is CC(Cn1cc([N+](=O)[O-])cn1)C(=O)Nc1cnn(COc2ccc(Br)cc2)c1. The van der Waals surface area contributed by atoms with Gasteiger partial charge >= 0.3 is 5.69 Å². The molecule has 0 saturated carbocycles. The molecule has 3 aromatic rings. The Bertz CT molecular complexity index is 968. The van der Waals surface area contributed by atoms with Crippen LogP contribution in [0.25, 0.3) is 0 Å². The van der Waals surface area contributed by atoms with E-state index in [-0.39, 0.29) is 24.9 Å². The third-order valence-corrected chi connectivity index (χ3v) is 4.35. The number of hydrogen-bond acceptors (Lipinski definition) is 6. The molecule has 0 aliphatic rings. The van der Waals surface area contributed by atoms with Gasteiger partial charge in [-0.2, -0.15) is 10.2 Å². The Morgan fingerprint density at radius 3 is 2.64 bits per heavy atom. The predicted molar refractivity (Wildman–Crippen MR) is 104 cm³/mol. The summed E-state index contributed by atoms with van der Waals surface area (Å²) < 4.78 is 9.50. The zero-order chi connectivity index (χ0) is 20.1. The molecule has 2 aromatic heterocycles. The number of carbonyl (C=O) groups excluding carboxylic acids is 1. The first-order valence-electron chi connectivity index (χ1n) is 8.29. The summed E-state index contributed by atoms with van der Waals surface area (Å²) in [6, 6.07) is 7.41. The van der Waals surface area contributed by atoms with Gasteiger partial charge < -0.3 is 10.1 Å². The Hall–Kier alpha value is -3.21. The molecule has 0 spiro atoms. The third kappa shape index (κ3) is 5.16. The normalized spacial score (nSPS) is 11.8. The van der Waals surface area contributed by atoms with Crippen molar-refractivity contribution in [2.45, 2.75) is 20.2 Å². The highest BCUT2D eigenvalue weighted by molar-refractivity contribution is 9.10. The summed E-state index contributed by atoms with van der Waals surface area (Å²) in [7, 11) is 0. The lowest BCUT2D eigenvalue weighted by Gasteiger charge is -2.10. The summed E-state index contributed by atoms with van der Waals surface area (Å²) in [6.07, 6.45) is 5.62. The number of nitrogens with one attached hydrogen (secondary N) is 1. The average molecular weight is 449 g/mol. The van der Waals surface area contributed by atoms with Crippen LogP contribution in [0.2, 0.25) is 0 Å². The zero-order valence-corrected chi connectivity index (χ0v) is 16.4. The van der Waals surface area contributed by atoms with Gasteiger partial charge in [0.1, 0.15) is 18.1 Å². The highest BCUT2D eigenvalue weighted by Gasteiger charge is 2.17. The molecule has 10 nitrogen and oxygen atoms in total. The van der Waals surface area contributed by atoms with E-state index in [0.29, 0.717) is 11.4 Å². The molecule has 0 saturated heterocycles. The standard InChI is InChI=1S/C17H17BrN6O4/c1-12(8-22-10-15(7-20-22)24(26)27)17(25)21-14-6-19-23(9-14)11-28-16-4-2-13(18)3-5-16/h2-7,9-10,12H,8,11H2,1H3,(H,21,25). The first-order chi connectivity index (χ1) is 13.4. The van der Waals surface area contributed by atoms with Crippen LogP contribution in [0, 0.1) is 16.0 Å². The molecule has 0 bridgehead atoms. The summed E-state index contributed by atoms with van der Waals surface area (Å²) in [4.78, 5) is 22.5. The number of nitro groups is 1. The highest BCUT2D eigenvalue weighted by Crippen LogP contribution is 2.17. The molecule has 1 aromatic carbocycles. The molecule has 0 fully saturated rings. The number of rotatable bonds is 8. The lowest BCUT2D eigenvalue weighted by molar-refractivity contribution is -0.385. The van der Waals surface area contributed by atoms with Crippen molar-refractivity contribution < 1.29 is 14.5 Å². The molecule has 146 valence electrons. The fourth-order valence-corrected chi connectivity index (χ4v) is 2.61. The van der Waals surface area contributed by atoms with Crippen LogP contribution in [0.15, 0.2) is 53.5 Å². The van der Waals surface area contributed by atoms with Gasteiger partial charge in [0.25, 0.3) is 0 Å². The van der Waals surface area contributed by atoms with E-state index >= 15 is 0 Å². The maximum Gasteiger partial charge on any atom is 0.306 e. The summed E-state index contributed by atoms with van der Waals surface area (Å²) in [6.45, 7) is 2.13. The molecule has 1 unspecified atom stereocenters. The number of amides is 1. The molecule has 0 aliphatic carbocycles. The minimum Gasteiger partial charge on any atom is -0.471 e. The number of anilines is 1. The van der Waals surface area contributed by atoms with E-state index in [1.165, 1.54) is 17.1 Å². The number of benzene rings is 1. The second-order valence-electron chi connectivity index (χ2n) is 6.06. The van der Waals surface area contributed by atoms with Crippen LogP contribution in [0.4, 0.5) is 11.4 Å². The van der Waals surface area contributed by atoms with Crippen molar-refractivity contribution in [1.29, 1.82) is 0 Å². The highest BCUT2D eigenvalue weighted by atomic mass is 79.9. The summed E-state index contributed by atoms with van der Waals surface area (Å²) in [5, 5.41) is 21.5. The molecular weight excluding hydrogens is 432 g/mol. The fourth-order valence-electron chi connectivity index (χ4n) is 2.35. The Balaban J connectivity index is 1.51. The fraction of sp³-hybridized carbons (Fsp3) is 0.235. The van der Waals surface area contributed by atoms with Crippen LogP contribution in [-0.2, 0) is 18.1 Å². The number of halogens is 1. The third-order valence-electron chi connectivity index (χ3n) is 3.82. The molecule has 1 N–H and O–H groups in total. The van der Waals surface area contributed by atoms with Crippen LogP contribution >= 0.6 is 15.9 Å². The summed E-state index contributed by atoms with van der Waals surface area (Å²) in [5.41, 5.74) is 0.419. The smallest absolute Gasteiger partial charge is 0.306 e. The van der Waals surface area contributed by atoms with Crippen molar-refractivity contribution in [2.75, 3.05) is 5.32 Å². The maximum absolute atomic E-state index is 12.3. The Labute approximate surface area is 168 Å². The maximum atomic E-state index is 12.3. The van der Waals surface area contributed by atoms with Crippen LogP contribution in [0.5, 0.6) is 5.75 Å². The van der Waals surface area contributed by atoms with Crippen LogP contribution in [0.1, 0.15) is 6.92 Å². The number of carbonyl (C=O) groups is 1. The Morgan fingerprint density at radius 2 is 1.96 bits per heavy atom. The lowest BCUT2D eigenvalue weighted by Crippen LogP contribution is -2.24. The molecular formula is C17H17BrN6O4. The summed E-state index contributed by atoms with van der Waals surface area (Å²) in [5.74, 6) is 0.0135. The Morgan fingerprint density at radius 1 is 1.25 bits per heavy atom. The molecule has 2 heterocycles. The van der Waals surface area contributed by atoms with Crippen LogP contribution < -0.4 is 10.1 Å². The van der Waals surface area contributed by atoms with E-state index in [4.69, 9.17) is 4.74 Å². The average Bonchev–Trinajstić information content (AvgIpc) is 3.31. The summed E-state index contributed by atoms with van der Waals surface area (Å²) >= 11 is 3.36. The van der Waals surface area contributed by atoms with Gasteiger partial charge in [0.15, 0.2) is 6.73 Å². The number of nitrogens with zero attached hydrogens (tertiary/aromatic N) is 5. The van der Waals surface area contributed by atoms with E-state index in [1.807, 2.05) is 24.3 Å². The van der Waals surface area contributed by atoms with Crippen LogP contribution in [-0.4, -0.2) is 30.4 Å². The van der Waals surface area contributed by atoms with Gasteiger partial charge in [0.05, 0.1) is 35.5 Å². The molecule has 0 radical (unpaired) electrons. The van der Waals surface area contributed by atoms with Crippen LogP contribution in [0.3, 0.4) is 0 Å². The van der Waals surface area contributed by atoms with Crippen molar-refractivity contribution in [3.05, 3.63) is 63.6 Å². The lowest BCUT2D eigenvalue weighted by atomic mass is 10.1. The van der Waals surface area contributed by atoms with Crippen molar-refractivity contribution in [3.63, 3.8) is 0 Å². The molecule has 1 amide bonds. The number of ether oxygens (including phenoxy) is 1. The number of aromatic nitrogens is 4. The molecule has 1 atom stereocenters. The predicted octanol–water partition coefficient (Wildman–Crippen LogP) is 3.06. The quantitative estimate of drug-likeness (QED) is 0.417. The first kappa shape index (κ1) is 19.5. The second-order valence-corrected chi connectivity index (χ2v) is 6.98. The molecule has 11 heteroatoms. The van der Waals surface area contributed by atoms with Crippen molar-refractivity contribution in [3.8, 4) is 5.75 Å². The first-order valence-corrected chi connectivity index (χ1v) is 9.08. The van der Waals surface area contributed by atoms with Gasteiger partial charge in [-0.15, -0.1) is 0 Å². The van der Waals surface area contributed by atoms with E-state index in [9.17, 15) is 14.9 Å². The van der Waals surface area contributed by atoms with E-state index in [0.717, 1.165) is 10.7 Å². The largest absolute Gasteiger partial charge is 0.471 e. The Kier molecular flexibility index (Phi) is 6.04. The second kappa shape index (κ2) is 8.65. The zero-order valence-electron chi connectivity index (χ0n) is 14.9.